The zero-order chi connectivity index (χ0) is 31.5. The van der Waals surface area contributed by atoms with Crippen LogP contribution in [0.1, 0.15) is 79.0 Å². The van der Waals surface area contributed by atoms with Crippen LogP contribution in [-0.4, -0.2) is 46.4 Å². The first-order valence-electron chi connectivity index (χ1n) is 14.8. The van der Waals surface area contributed by atoms with Gasteiger partial charge in [0.15, 0.2) is 6.29 Å². The lowest BCUT2D eigenvalue weighted by Gasteiger charge is -2.41. The van der Waals surface area contributed by atoms with Gasteiger partial charge in [-0.1, -0.05) is 49.7 Å². The van der Waals surface area contributed by atoms with Crippen LogP contribution in [0.5, 0.6) is 0 Å². The van der Waals surface area contributed by atoms with Gasteiger partial charge >= 0.3 is 5.97 Å². The lowest BCUT2D eigenvalue weighted by atomic mass is 9.91. The molecule has 1 aliphatic rings. The number of benzene rings is 3. The third kappa shape index (κ3) is 9.65. The van der Waals surface area contributed by atoms with Gasteiger partial charge in [-0.15, -0.1) is 11.8 Å². The molecular weight excluding hydrogens is 580 g/mol. The van der Waals surface area contributed by atoms with Gasteiger partial charge in [-0.2, -0.15) is 0 Å². The number of amides is 2. The Bertz CT molecular complexity index is 1400. The van der Waals surface area contributed by atoms with Crippen molar-refractivity contribution in [2.45, 2.75) is 69.5 Å². The Hall–Kier alpha value is -3.70. The van der Waals surface area contributed by atoms with Crippen molar-refractivity contribution in [3.05, 3.63) is 95.1 Å². The van der Waals surface area contributed by atoms with Gasteiger partial charge in [0.05, 0.1) is 24.4 Å². The van der Waals surface area contributed by atoms with Gasteiger partial charge in [0.1, 0.15) is 0 Å². The van der Waals surface area contributed by atoms with Crippen LogP contribution in [0.25, 0.3) is 0 Å². The SMILES string of the molecule is CC(=O)NCCCCCC(=O)Nc1cccc([C@@H]2O[C@H](CSc3ccc(C(=O)O)cc3)[C@H](C)[C@H](c3ccc(CO)cc3)O2)c1. The molecule has 9 nitrogen and oxygen atoms in total. The first-order valence-corrected chi connectivity index (χ1v) is 15.8. The predicted molar refractivity (Wildman–Crippen MR) is 169 cm³/mol. The topological polar surface area (TPSA) is 134 Å². The van der Waals surface area contributed by atoms with Crippen LogP contribution in [0.2, 0.25) is 0 Å². The van der Waals surface area contributed by atoms with Crippen LogP contribution >= 0.6 is 11.8 Å². The molecule has 0 bridgehead atoms. The fourth-order valence-corrected chi connectivity index (χ4v) is 6.09. The number of aliphatic hydroxyl groups is 1. The van der Waals surface area contributed by atoms with E-state index in [1.54, 1.807) is 36.0 Å². The Labute approximate surface area is 262 Å². The lowest BCUT2D eigenvalue weighted by molar-refractivity contribution is -0.268. The minimum Gasteiger partial charge on any atom is -0.478 e. The molecule has 1 fully saturated rings. The number of carbonyl (C=O) groups is 3. The molecule has 2 amide bonds. The van der Waals surface area contributed by atoms with E-state index in [1.807, 2.05) is 48.5 Å². The Balaban J connectivity index is 1.44. The minimum atomic E-state index is -0.960. The second-order valence-corrected chi connectivity index (χ2v) is 12.0. The molecule has 44 heavy (non-hydrogen) atoms. The summed E-state index contributed by atoms with van der Waals surface area (Å²) in [7, 11) is 0. The summed E-state index contributed by atoms with van der Waals surface area (Å²) in [5.74, 6) is -0.475. The minimum absolute atomic E-state index is 0.00875. The smallest absolute Gasteiger partial charge is 0.335 e. The van der Waals surface area contributed by atoms with E-state index in [9.17, 15) is 24.6 Å². The van der Waals surface area contributed by atoms with Gasteiger partial charge in [0.2, 0.25) is 11.8 Å². The van der Waals surface area contributed by atoms with E-state index in [0.29, 0.717) is 24.4 Å². The number of carboxylic acids is 1. The highest BCUT2D eigenvalue weighted by Gasteiger charge is 2.38. The van der Waals surface area contributed by atoms with Gasteiger partial charge in [-0.05, 0) is 60.4 Å². The van der Waals surface area contributed by atoms with Crippen LogP contribution in [0, 0.1) is 5.92 Å². The summed E-state index contributed by atoms with van der Waals surface area (Å²) >= 11 is 1.59. The predicted octanol–water partition coefficient (Wildman–Crippen LogP) is 6.10. The van der Waals surface area contributed by atoms with Crippen molar-refractivity contribution >= 4 is 35.2 Å². The number of anilines is 1. The molecule has 4 rings (SSSR count). The molecule has 0 radical (unpaired) electrons. The molecule has 3 aromatic rings. The van der Waals surface area contributed by atoms with Crippen molar-refractivity contribution in [2.75, 3.05) is 17.6 Å². The number of rotatable bonds is 14. The Kier molecular flexibility index (Phi) is 12.4. The number of hydrogen-bond donors (Lipinski definition) is 4. The molecule has 4 N–H and O–H groups in total. The van der Waals surface area contributed by atoms with Crippen molar-refractivity contribution in [2.24, 2.45) is 5.92 Å². The van der Waals surface area contributed by atoms with Gasteiger partial charge in [0.25, 0.3) is 0 Å². The summed E-state index contributed by atoms with van der Waals surface area (Å²) in [6.45, 7) is 4.15. The Morgan fingerprint density at radius 3 is 2.34 bits per heavy atom. The fraction of sp³-hybridized carbons (Fsp3) is 0.382. The zero-order valence-corrected chi connectivity index (χ0v) is 25.8. The van der Waals surface area contributed by atoms with Crippen molar-refractivity contribution in [1.29, 1.82) is 0 Å². The summed E-state index contributed by atoms with van der Waals surface area (Å²) in [5.41, 5.74) is 3.47. The average Bonchev–Trinajstić information content (AvgIpc) is 3.02. The molecule has 10 heteroatoms. The van der Waals surface area contributed by atoms with Gasteiger partial charge in [-0.3, -0.25) is 9.59 Å². The van der Waals surface area contributed by atoms with Gasteiger partial charge in [0, 0.05) is 47.7 Å². The second kappa shape index (κ2) is 16.4. The standard InChI is InChI=1S/C34H40N2O7S/c1-22-30(21-44-29-16-14-26(15-17-29)33(40)41)42-34(43-32(22)25-12-10-24(20-37)11-13-25)27-7-6-8-28(19-27)36-31(39)9-4-3-5-18-35-23(2)38/h6-8,10-17,19,22,30,32,34,37H,3-5,9,18,20-21H2,1-2H3,(H,35,38)(H,36,39)(H,40,41)/t22-,30+,32+,34+/m0/s1. The highest BCUT2D eigenvalue weighted by atomic mass is 32.2. The summed E-state index contributed by atoms with van der Waals surface area (Å²) in [5, 5.41) is 24.5. The van der Waals surface area contributed by atoms with Crippen molar-refractivity contribution in [3.63, 3.8) is 0 Å². The van der Waals surface area contributed by atoms with Crippen LogP contribution < -0.4 is 10.6 Å². The molecule has 1 saturated heterocycles. The number of carboxylic acid groups (broad SMARTS) is 1. The van der Waals surface area contributed by atoms with E-state index in [-0.39, 0.29) is 42.1 Å². The first kappa shape index (κ1) is 33.2. The summed E-state index contributed by atoms with van der Waals surface area (Å²) < 4.78 is 13.1. The summed E-state index contributed by atoms with van der Waals surface area (Å²) in [6.07, 6.45) is 1.63. The van der Waals surface area contributed by atoms with Crippen LogP contribution in [0.15, 0.2) is 77.7 Å². The highest BCUT2D eigenvalue weighted by molar-refractivity contribution is 7.99. The molecule has 1 heterocycles. The number of aliphatic hydroxyl groups excluding tert-OH is 1. The molecule has 0 saturated carbocycles. The number of unbranched alkanes of at least 4 members (excludes halogenated alkanes) is 2. The van der Waals surface area contributed by atoms with Crippen LogP contribution in [-0.2, 0) is 25.7 Å². The molecular formula is C34H40N2O7S. The number of carbonyl (C=O) groups excluding carboxylic acids is 2. The number of thioether (sulfide) groups is 1. The van der Waals surface area contributed by atoms with Gasteiger partial charge in [-0.25, -0.2) is 4.79 Å². The Morgan fingerprint density at radius 1 is 0.909 bits per heavy atom. The van der Waals surface area contributed by atoms with Crippen molar-refractivity contribution in [3.8, 4) is 0 Å². The molecule has 3 aromatic carbocycles. The molecule has 4 atom stereocenters. The zero-order valence-electron chi connectivity index (χ0n) is 25.0. The van der Waals surface area contributed by atoms with E-state index in [4.69, 9.17) is 9.47 Å². The summed E-state index contributed by atoms with van der Waals surface area (Å²) in [6, 6.07) is 22.0. The first-order chi connectivity index (χ1) is 21.2. The lowest BCUT2D eigenvalue weighted by Crippen LogP contribution is -2.38. The molecule has 0 aromatic heterocycles. The van der Waals surface area contributed by atoms with E-state index < -0.39 is 12.3 Å². The normalized spacial score (nSPS) is 19.7. The highest BCUT2D eigenvalue weighted by Crippen LogP contribution is 2.43. The third-order valence-corrected chi connectivity index (χ3v) is 8.64. The van der Waals surface area contributed by atoms with E-state index in [2.05, 4.69) is 17.6 Å². The van der Waals surface area contributed by atoms with E-state index in [0.717, 1.165) is 40.8 Å². The molecule has 0 spiro atoms. The molecule has 0 aliphatic carbocycles. The van der Waals surface area contributed by atoms with E-state index in [1.165, 1.54) is 6.92 Å². The maximum atomic E-state index is 12.6. The number of ether oxygens (including phenoxy) is 2. The van der Waals surface area contributed by atoms with Crippen molar-refractivity contribution in [1.82, 2.24) is 5.32 Å². The third-order valence-electron chi connectivity index (χ3n) is 7.54. The number of nitrogens with one attached hydrogen (secondary N) is 2. The van der Waals surface area contributed by atoms with Crippen LogP contribution in [0.3, 0.4) is 0 Å². The largest absolute Gasteiger partial charge is 0.478 e. The second-order valence-electron chi connectivity index (χ2n) is 10.9. The van der Waals surface area contributed by atoms with Crippen molar-refractivity contribution < 1.29 is 34.1 Å². The molecule has 1 aliphatic heterocycles. The Morgan fingerprint density at radius 2 is 1.66 bits per heavy atom. The fourth-order valence-electron chi connectivity index (χ4n) is 5.02. The number of aromatic carboxylic acids is 1. The maximum absolute atomic E-state index is 12.6. The van der Waals surface area contributed by atoms with Gasteiger partial charge < -0.3 is 30.3 Å². The maximum Gasteiger partial charge on any atom is 0.335 e. The molecule has 0 unspecified atom stereocenters. The number of hydrogen-bond acceptors (Lipinski definition) is 7. The van der Waals surface area contributed by atoms with E-state index >= 15 is 0 Å². The quantitative estimate of drug-likeness (QED) is 0.126. The molecule has 234 valence electrons. The average molecular weight is 621 g/mol. The summed E-state index contributed by atoms with van der Waals surface area (Å²) in [4.78, 5) is 35.8. The monoisotopic (exact) mass is 620 g/mol. The van der Waals surface area contributed by atoms with Crippen LogP contribution in [0.4, 0.5) is 5.69 Å².